The maximum Gasteiger partial charge on any atom is 0.235 e. The van der Waals surface area contributed by atoms with Gasteiger partial charge in [0, 0.05) is 7.05 Å². The molecule has 0 aliphatic carbocycles. The number of rotatable bonds is 4. The maximum absolute atomic E-state index is 11.0. The lowest BCUT2D eigenvalue weighted by molar-refractivity contribution is -0.118. The Balaban J connectivity index is 2.13. The van der Waals surface area contributed by atoms with E-state index in [4.69, 9.17) is 11.6 Å². The van der Waals surface area contributed by atoms with Crippen LogP contribution >= 0.6 is 22.9 Å². The molecule has 90 valence electrons. The number of alkyl halides is 1. The Labute approximate surface area is 107 Å². The van der Waals surface area contributed by atoms with Gasteiger partial charge in [0.05, 0.1) is 11.4 Å². The molecule has 0 spiro atoms. The number of thiophene rings is 1. The Bertz CT molecular complexity index is 508. The first-order valence-corrected chi connectivity index (χ1v) is 6.38. The predicted octanol–water partition coefficient (Wildman–Crippen LogP) is 1.40. The minimum absolute atomic E-state index is 0.0460. The standard InChI is InChI=1S/C10H11ClN4OS/c1-15-8(6-12-9(16)5-11)13-14-10(15)7-3-2-4-17-7/h2-4H,5-6H2,1H3,(H,12,16). The number of hydrogen-bond acceptors (Lipinski definition) is 4. The maximum atomic E-state index is 11.0. The first-order chi connectivity index (χ1) is 8.22. The molecule has 7 heteroatoms. The van der Waals surface area contributed by atoms with Crippen LogP contribution < -0.4 is 5.32 Å². The summed E-state index contributed by atoms with van der Waals surface area (Å²) in [7, 11) is 1.87. The van der Waals surface area contributed by atoms with Crippen molar-refractivity contribution in [2.45, 2.75) is 6.54 Å². The Morgan fingerprint density at radius 3 is 3.06 bits per heavy atom. The van der Waals surface area contributed by atoms with Gasteiger partial charge in [-0.2, -0.15) is 0 Å². The van der Waals surface area contributed by atoms with E-state index in [2.05, 4.69) is 15.5 Å². The molecule has 2 heterocycles. The van der Waals surface area contributed by atoms with Crippen LogP contribution in [0.2, 0.25) is 0 Å². The van der Waals surface area contributed by atoms with Crippen molar-refractivity contribution in [2.75, 3.05) is 5.88 Å². The van der Waals surface area contributed by atoms with E-state index in [0.29, 0.717) is 12.4 Å². The second kappa shape index (κ2) is 5.29. The molecule has 2 aromatic rings. The van der Waals surface area contributed by atoms with Gasteiger partial charge in [0.25, 0.3) is 0 Å². The van der Waals surface area contributed by atoms with Crippen LogP contribution in [0.15, 0.2) is 17.5 Å². The lowest BCUT2D eigenvalue weighted by Gasteiger charge is -2.03. The second-order valence-electron chi connectivity index (χ2n) is 3.39. The number of carbonyl (C=O) groups excluding carboxylic acids is 1. The number of amides is 1. The average molecular weight is 271 g/mol. The van der Waals surface area contributed by atoms with Crippen molar-refractivity contribution in [3.63, 3.8) is 0 Å². The van der Waals surface area contributed by atoms with Crippen molar-refractivity contribution in [2.24, 2.45) is 7.05 Å². The van der Waals surface area contributed by atoms with Crippen LogP contribution in [0.3, 0.4) is 0 Å². The molecular weight excluding hydrogens is 260 g/mol. The van der Waals surface area contributed by atoms with Gasteiger partial charge in [-0.15, -0.1) is 33.1 Å². The Morgan fingerprint density at radius 2 is 2.41 bits per heavy atom. The Hall–Kier alpha value is -1.40. The minimum atomic E-state index is -0.215. The summed E-state index contributed by atoms with van der Waals surface area (Å²) in [5.74, 6) is 1.24. The average Bonchev–Trinajstić information content (AvgIpc) is 2.95. The van der Waals surface area contributed by atoms with Crippen molar-refractivity contribution >= 4 is 28.8 Å². The summed E-state index contributed by atoms with van der Waals surface area (Å²) < 4.78 is 1.86. The third-order valence-electron chi connectivity index (χ3n) is 2.27. The van der Waals surface area contributed by atoms with Gasteiger partial charge in [-0.25, -0.2) is 0 Å². The minimum Gasteiger partial charge on any atom is -0.348 e. The van der Waals surface area contributed by atoms with Crippen molar-refractivity contribution in [1.29, 1.82) is 0 Å². The molecule has 17 heavy (non-hydrogen) atoms. The molecule has 0 saturated heterocycles. The molecule has 0 aromatic carbocycles. The summed E-state index contributed by atoms with van der Waals surface area (Å²) >= 11 is 6.99. The van der Waals surface area contributed by atoms with Crippen LogP contribution in [0.5, 0.6) is 0 Å². The quantitative estimate of drug-likeness (QED) is 0.855. The highest BCUT2D eigenvalue weighted by Gasteiger charge is 2.11. The zero-order valence-electron chi connectivity index (χ0n) is 9.18. The monoisotopic (exact) mass is 270 g/mol. The van der Waals surface area contributed by atoms with Gasteiger partial charge in [-0.05, 0) is 11.4 Å². The first-order valence-electron chi connectivity index (χ1n) is 4.97. The van der Waals surface area contributed by atoms with Gasteiger partial charge >= 0.3 is 0 Å². The van der Waals surface area contributed by atoms with E-state index in [1.807, 2.05) is 29.1 Å². The first kappa shape index (κ1) is 12.1. The van der Waals surface area contributed by atoms with Crippen molar-refractivity contribution in [3.05, 3.63) is 23.3 Å². The fourth-order valence-corrected chi connectivity index (χ4v) is 2.20. The van der Waals surface area contributed by atoms with Crippen molar-refractivity contribution < 1.29 is 4.79 Å². The number of aromatic nitrogens is 3. The summed E-state index contributed by atoms with van der Waals surface area (Å²) in [5, 5.41) is 12.8. The Morgan fingerprint density at radius 1 is 1.59 bits per heavy atom. The molecule has 0 atom stereocenters. The fourth-order valence-electron chi connectivity index (χ4n) is 1.36. The summed E-state index contributed by atoms with van der Waals surface area (Å²) in [6, 6.07) is 3.94. The summed E-state index contributed by atoms with van der Waals surface area (Å²) in [6.45, 7) is 0.334. The van der Waals surface area contributed by atoms with E-state index in [9.17, 15) is 4.79 Å². The third kappa shape index (κ3) is 2.65. The predicted molar refractivity (Wildman–Crippen MR) is 66.9 cm³/mol. The molecule has 0 radical (unpaired) electrons. The summed E-state index contributed by atoms with van der Waals surface area (Å²) in [6.07, 6.45) is 0. The zero-order valence-corrected chi connectivity index (χ0v) is 10.8. The van der Waals surface area contributed by atoms with Crippen LogP contribution in [0.1, 0.15) is 5.82 Å². The second-order valence-corrected chi connectivity index (χ2v) is 4.60. The topological polar surface area (TPSA) is 59.8 Å². The molecule has 2 aromatic heterocycles. The third-order valence-corrected chi connectivity index (χ3v) is 3.38. The van der Waals surface area contributed by atoms with Crippen LogP contribution in [0.25, 0.3) is 10.7 Å². The SMILES string of the molecule is Cn1c(CNC(=O)CCl)nnc1-c1cccs1. The van der Waals surface area contributed by atoms with E-state index in [-0.39, 0.29) is 11.8 Å². The normalized spacial score (nSPS) is 10.5. The molecule has 0 fully saturated rings. The molecular formula is C10H11ClN4OS. The van der Waals surface area contributed by atoms with Gasteiger partial charge in [0.15, 0.2) is 11.6 Å². The molecule has 0 aliphatic heterocycles. The van der Waals surface area contributed by atoms with Gasteiger partial charge in [0.1, 0.15) is 5.88 Å². The van der Waals surface area contributed by atoms with Crippen molar-refractivity contribution in [3.8, 4) is 10.7 Å². The fraction of sp³-hybridized carbons (Fsp3) is 0.300. The zero-order chi connectivity index (χ0) is 12.3. The smallest absolute Gasteiger partial charge is 0.235 e. The van der Waals surface area contributed by atoms with Crippen LogP contribution in [0.4, 0.5) is 0 Å². The summed E-state index contributed by atoms with van der Waals surface area (Å²) in [5.41, 5.74) is 0. The van der Waals surface area contributed by atoms with E-state index in [1.54, 1.807) is 11.3 Å². The highest BCUT2D eigenvalue weighted by atomic mass is 35.5. The lowest BCUT2D eigenvalue weighted by atomic mass is 10.4. The van der Waals surface area contributed by atoms with E-state index < -0.39 is 0 Å². The van der Waals surface area contributed by atoms with E-state index in [0.717, 1.165) is 10.7 Å². The molecule has 0 unspecified atom stereocenters. The molecule has 1 amide bonds. The largest absolute Gasteiger partial charge is 0.348 e. The van der Waals surface area contributed by atoms with Gasteiger partial charge < -0.3 is 9.88 Å². The lowest BCUT2D eigenvalue weighted by Crippen LogP contribution is -2.25. The van der Waals surface area contributed by atoms with Gasteiger partial charge in [0.2, 0.25) is 5.91 Å². The highest BCUT2D eigenvalue weighted by Crippen LogP contribution is 2.22. The molecule has 2 rings (SSSR count). The van der Waals surface area contributed by atoms with Crippen LogP contribution in [-0.2, 0) is 18.4 Å². The van der Waals surface area contributed by atoms with Crippen LogP contribution in [-0.4, -0.2) is 26.6 Å². The number of halogens is 1. The van der Waals surface area contributed by atoms with E-state index in [1.165, 1.54) is 0 Å². The number of hydrogen-bond donors (Lipinski definition) is 1. The molecule has 0 bridgehead atoms. The Kier molecular flexibility index (Phi) is 3.75. The highest BCUT2D eigenvalue weighted by molar-refractivity contribution is 7.13. The molecule has 0 aliphatic rings. The van der Waals surface area contributed by atoms with E-state index >= 15 is 0 Å². The molecule has 0 saturated carbocycles. The number of nitrogens with one attached hydrogen (secondary N) is 1. The summed E-state index contributed by atoms with van der Waals surface area (Å²) in [4.78, 5) is 12.1. The molecule has 5 nitrogen and oxygen atoms in total. The number of nitrogens with zero attached hydrogens (tertiary/aromatic N) is 3. The van der Waals surface area contributed by atoms with Crippen molar-refractivity contribution in [1.82, 2.24) is 20.1 Å². The number of carbonyl (C=O) groups is 1. The molecule has 1 N–H and O–H groups in total. The van der Waals surface area contributed by atoms with Crippen LogP contribution in [0, 0.1) is 0 Å². The van der Waals surface area contributed by atoms with Gasteiger partial charge in [-0.1, -0.05) is 6.07 Å². The van der Waals surface area contributed by atoms with Gasteiger partial charge in [-0.3, -0.25) is 4.79 Å².